The molecule has 0 saturated carbocycles. The molecule has 0 fully saturated rings. The first-order valence-electron chi connectivity index (χ1n) is 9.70. The zero-order valence-corrected chi connectivity index (χ0v) is 19.5. The molecule has 3 aromatic rings. The van der Waals surface area contributed by atoms with Gasteiger partial charge in [0.2, 0.25) is 0 Å². The highest BCUT2D eigenvalue weighted by atomic mass is 32.2. The van der Waals surface area contributed by atoms with Crippen LogP contribution in [0.15, 0.2) is 58.8 Å². The molecule has 2 aromatic carbocycles. The van der Waals surface area contributed by atoms with Crippen LogP contribution in [0.25, 0.3) is 0 Å². The maximum absolute atomic E-state index is 13.0. The standard InChI is InChI=1S/C22H24N2O6S2/c1-4-30-15-7-9-17(10-8-15)32(26,27)24-19-13-21(29-3)20(28-2)12-18(19)22(25)23-14-16-6-5-11-31-16/h5-13,24H,4,14H2,1-3H3,(H,23,25). The number of thiophene rings is 1. The second kappa shape index (κ2) is 10.4. The van der Waals surface area contributed by atoms with Gasteiger partial charge >= 0.3 is 0 Å². The molecule has 0 aliphatic rings. The lowest BCUT2D eigenvalue weighted by molar-refractivity contribution is 0.0952. The van der Waals surface area contributed by atoms with Crippen LogP contribution >= 0.6 is 11.3 Å². The highest BCUT2D eigenvalue weighted by molar-refractivity contribution is 7.92. The van der Waals surface area contributed by atoms with E-state index in [-0.39, 0.29) is 21.9 Å². The number of ether oxygens (including phenoxy) is 3. The molecular weight excluding hydrogens is 452 g/mol. The highest BCUT2D eigenvalue weighted by Gasteiger charge is 2.22. The fourth-order valence-corrected chi connectivity index (χ4v) is 4.63. The average molecular weight is 477 g/mol. The molecule has 0 aliphatic heterocycles. The summed E-state index contributed by atoms with van der Waals surface area (Å²) >= 11 is 1.51. The third kappa shape index (κ3) is 5.51. The van der Waals surface area contributed by atoms with Crippen molar-refractivity contribution in [2.24, 2.45) is 0 Å². The van der Waals surface area contributed by atoms with Crippen molar-refractivity contribution in [1.29, 1.82) is 0 Å². The minimum atomic E-state index is -3.98. The van der Waals surface area contributed by atoms with Crippen molar-refractivity contribution in [3.63, 3.8) is 0 Å². The van der Waals surface area contributed by atoms with Gasteiger partial charge in [-0.05, 0) is 48.7 Å². The summed E-state index contributed by atoms with van der Waals surface area (Å²) in [4.78, 5) is 13.9. The second-order valence-corrected chi connectivity index (χ2v) is 9.24. The van der Waals surface area contributed by atoms with Gasteiger partial charge < -0.3 is 19.5 Å². The van der Waals surface area contributed by atoms with Gasteiger partial charge in [-0.3, -0.25) is 9.52 Å². The summed E-state index contributed by atoms with van der Waals surface area (Å²) in [5.41, 5.74) is 0.175. The van der Waals surface area contributed by atoms with Crippen LogP contribution in [-0.2, 0) is 16.6 Å². The van der Waals surface area contributed by atoms with Crippen LogP contribution < -0.4 is 24.2 Å². The van der Waals surface area contributed by atoms with Crippen molar-refractivity contribution in [3.8, 4) is 17.2 Å². The van der Waals surface area contributed by atoms with E-state index in [0.29, 0.717) is 24.7 Å². The van der Waals surface area contributed by atoms with E-state index in [4.69, 9.17) is 14.2 Å². The van der Waals surface area contributed by atoms with Crippen LogP contribution in [0.2, 0.25) is 0 Å². The molecule has 2 N–H and O–H groups in total. The van der Waals surface area contributed by atoms with Gasteiger partial charge in [0.05, 0.1) is 43.5 Å². The summed E-state index contributed by atoms with van der Waals surface area (Å²) in [5, 5.41) is 4.71. The zero-order valence-electron chi connectivity index (χ0n) is 17.9. The van der Waals surface area contributed by atoms with Gasteiger partial charge in [-0.1, -0.05) is 6.07 Å². The minimum absolute atomic E-state index is 0.0284. The Hall–Kier alpha value is -3.24. The number of benzene rings is 2. The second-order valence-electron chi connectivity index (χ2n) is 6.52. The van der Waals surface area contributed by atoms with Gasteiger partial charge in [0.15, 0.2) is 11.5 Å². The number of sulfonamides is 1. The van der Waals surface area contributed by atoms with Crippen LogP contribution in [0.4, 0.5) is 5.69 Å². The Bertz CT molecular complexity index is 1160. The van der Waals surface area contributed by atoms with E-state index < -0.39 is 15.9 Å². The highest BCUT2D eigenvalue weighted by Crippen LogP contribution is 2.34. The molecule has 3 rings (SSSR count). The number of rotatable bonds is 10. The van der Waals surface area contributed by atoms with Gasteiger partial charge in [-0.2, -0.15) is 0 Å². The summed E-state index contributed by atoms with van der Waals surface area (Å²) in [6.45, 7) is 2.63. The lowest BCUT2D eigenvalue weighted by Crippen LogP contribution is -2.25. The van der Waals surface area contributed by atoms with Crippen LogP contribution in [0.5, 0.6) is 17.2 Å². The average Bonchev–Trinajstić information content (AvgIpc) is 3.31. The molecule has 0 atom stereocenters. The van der Waals surface area contributed by atoms with Crippen molar-refractivity contribution in [1.82, 2.24) is 5.32 Å². The molecule has 1 heterocycles. The molecule has 0 aliphatic carbocycles. The van der Waals surface area contributed by atoms with Gasteiger partial charge in [0, 0.05) is 10.9 Å². The normalized spacial score (nSPS) is 11.0. The molecule has 10 heteroatoms. The van der Waals surface area contributed by atoms with E-state index in [0.717, 1.165) is 4.88 Å². The Kier molecular flexibility index (Phi) is 7.60. The number of hydrogen-bond acceptors (Lipinski definition) is 7. The Morgan fingerprint density at radius 3 is 2.31 bits per heavy atom. The molecule has 0 radical (unpaired) electrons. The number of hydrogen-bond donors (Lipinski definition) is 2. The van der Waals surface area contributed by atoms with E-state index in [1.54, 1.807) is 12.1 Å². The van der Waals surface area contributed by atoms with Crippen LogP contribution in [-0.4, -0.2) is 35.2 Å². The first-order chi connectivity index (χ1) is 15.4. The number of anilines is 1. The third-order valence-corrected chi connectivity index (χ3v) is 6.72. The van der Waals surface area contributed by atoms with E-state index in [2.05, 4.69) is 10.0 Å². The number of amides is 1. The summed E-state index contributed by atoms with van der Waals surface area (Å²) in [6.07, 6.45) is 0. The fourth-order valence-electron chi connectivity index (χ4n) is 2.91. The SMILES string of the molecule is CCOc1ccc(S(=O)(=O)Nc2cc(OC)c(OC)cc2C(=O)NCc2cccs2)cc1. The Morgan fingerprint density at radius 2 is 1.72 bits per heavy atom. The molecule has 1 aromatic heterocycles. The first-order valence-corrected chi connectivity index (χ1v) is 12.1. The summed E-state index contributed by atoms with van der Waals surface area (Å²) in [5.74, 6) is 0.694. The molecular formula is C22H24N2O6S2. The van der Waals surface area contributed by atoms with Crippen LogP contribution in [0, 0.1) is 0 Å². The Labute approximate surface area is 191 Å². The predicted octanol–water partition coefficient (Wildman–Crippen LogP) is 3.89. The van der Waals surface area contributed by atoms with Crippen molar-refractivity contribution < 1.29 is 27.4 Å². The molecule has 0 spiro atoms. The topological polar surface area (TPSA) is 103 Å². The fraction of sp³-hybridized carbons (Fsp3) is 0.227. The summed E-state index contributed by atoms with van der Waals surface area (Å²) < 4.78 is 44.4. The number of carbonyl (C=O) groups is 1. The van der Waals surface area contributed by atoms with Gasteiger partial charge in [-0.25, -0.2) is 8.42 Å². The molecule has 1 amide bonds. The molecule has 0 unspecified atom stereocenters. The van der Waals surface area contributed by atoms with E-state index in [9.17, 15) is 13.2 Å². The lowest BCUT2D eigenvalue weighted by atomic mass is 10.1. The number of methoxy groups -OCH3 is 2. The van der Waals surface area contributed by atoms with Gasteiger partial charge in [0.1, 0.15) is 5.75 Å². The maximum Gasteiger partial charge on any atom is 0.261 e. The molecule has 0 bridgehead atoms. The molecule has 32 heavy (non-hydrogen) atoms. The lowest BCUT2D eigenvalue weighted by Gasteiger charge is -2.16. The number of nitrogens with one attached hydrogen (secondary N) is 2. The van der Waals surface area contributed by atoms with Crippen molar-refractivity contribution in [3.05, 3.63) is 64.4 Å². The van der Waals surface area contributed by atoms with E-state index in [1.165, 1.54) is 49.8 Å². The quantitative estimate of drug-likeness (QED) is 0.460. The van der Waals surface area contributed by atoms with Crippen LogP contribution in [0.1, 0.15) is 22.2 Å². The minimum Gasteiger partial charge on any atom is -0.494 e. The van der Waals surface area contributed by atoms with Crippen molar-refractivity contribution in [2.45, 2.75) is 18.4 Å². The molecule has 170 valence electrons. The Balaban J connectivity index is 1.93. The monoisotopic (exact) mass is 476 g/mol. The molecule has 0 saturated heterocycles. The smallest absolute Gasteiger partial charge is 0.261 e. The Morgan fingerprint density at radius 1 is 1.03 bits per heavy atom. The summed E-state index contributed by atoms with van der Waals surface area (Å²) in [6, 6.07) is 12.7. The molecule has 8 nitrogen and oxygen atoms in total. The maximum atomic E-state index is 13.0. The van der Waals surface area contributed by atoms with Crippen molar-refractivity contribution in [2.75, 3.05) is 25.5 Å². The largest absolute Gasteiger partial charge is 0.494 e. The first kappa shape index (κ1) is 23.4. The van der Waals surface area contributed by atoms with Gasteiger partial charge in [-0.15, -0.1) is 11.3 Å². The van der Waals surface area contributed by atoms with E-state index in [1.807, 2.05) is 24.4 Å². The zero-order chi connectivity index (χ0) is 23.1. The third-order valence-electron chi connectivity index (χ3n) is 4.46. The predicted molar refractivity (Wildman–Crippen MR) is 123 cm³/mol. The van der Waals surface area contributed by atoms with Crippen LogP contribution in [0.3, 0.4) is 0 Å². The van der Waals surface area contributed by atoms with E-state index >= 15 is 0 Å². The van der Waals surface area contributed by atoms with Gasteiger partial charge in [0.25, 0.3) is 15.9 Å². The summed E-state index contributed by atoms with van der Waals surface area (Å²) in [7, 11) is -1.11. The van der Waals surface area contributed by atoms with Crippen molar-refractivity contribution >= 4 is 33.0 Å². The number of carbonyl (C=O) groups excluding carboxylic acids is 1.